The van der Waals surface area contributed by atoms with Crippen LogP contribution in [0, 0.1) is 0 Å². The molecule has 0 heterocycles. The topological polar surface area (TPSA) is 14.1 Å². The second-order valence-electron chi connectivity index (χ2n) is 5.88. The van der Waals surface area contributed by atoms with Crippen LogP contribution in [0.1, 0.15) is 90.4 Å². The van der Waals surface area contributed by atoms with Crippen molar-refractivity contribution in [3.8, 4) is 0 Å². The fraction of sp³-hybridized carbons (Fsp3) is 1.00. The smallest absolute Gasteiger partial charge is 0.0353 e. The molecular weight excluding hydrogens is 206 g/mol. The zero-order chi connectivity index (χ0) is 12.4. The Hall–Kier alpha value is -0.0400. The molecule has 0 unspecified atom stereocenters. The minimum Gasteiger partial charge on any atom is -0.238 e. The van der Waals surface area contributed by atoms with Crippen LogP contribution in [0.25, 0.3) is 0 Å². The third-order valence-electron chi connectivity index (χ3n) is 4.50. The Morgan fingerprint density at radius 2 is 1.35 bits per heavy atom. The van der Waals surface area contributed by atoms with Gasteiger partial charge in [-0.15, -0.1) is 0 Å². The highest BCUT2D eigenvalue weighted by atomic mass is 15.0. The van der Waals surface area contributed by atoms with Gasteiger partial charge in [-0.05, 0) is 25.7 Å². The quantitative estimate of drug-likeness (QED) is 0.446. The van der Waals surface area contributed by atoms with E-state index in [1.165, 1.54) is 83.5 Å². The average Bonchev–Trinajstić information content (AvgIpc) is 2.30. The zero-order valence-electron chi connectivity index (χ0n) is 12.1. The molecule has 0 aromatic carbocycles. The lowest BCUT2D eigenvalue weighted by Gasteiger charge is -2.40. The Balaban J connectivity index is 1.81. The minimum atomic E-state index is 0.432. The lowest BCUT2D eigenvalue weighted by Crippen LogP contribution is -2.44. The predicted octanol–water partition coefficient (Wildman–Crippen LogP) is 5.06. The summed E-state index contributed by atoms with van der Waals surface area (Å²) in [5.74, 6) is 0. The van der Waals surface area contributed by atoms with Crippen molar-refractivity contribution < 1.29 is 0 Å². The molecule has 17 heavy (non-hydrogen) atoms. The third kappa shape index (κ3) is 5.90. The van der Waals surface area contributed by atoms with E-state index < -0.39 is 0 Å². The van der Waals surface area contributed by atoms with Gasteiger partial charge in [-0.3, -0.25) is 0 Å². The molecule has 0 aliphatic heterocycles. The van der Waals surface area contributed by atoms with Gasteiger partial charge >= 0.3 is 0 Å². The summed E-state index contributed by atoms with van der Waals surface area (Å²) in [6.45, 7) is 2.29. The molecule has 0 aromatic heterocycles. The first kappa shape index (κ1) is 15.0. The maximum atomic E-state index is 4.59. The number of hydrogen-bond acceptors (Lipinski definition) is 0. The first-order chi connectivity index (χ1) is 8.33. The van der Waals surface area contributed by atoms with Crippen molar-refractivity contribution in [2.24, 2.45) is 0 Å². The molecule has 1 heteroatoms. The highest BCUT2D eigenvalue weighted by Gasteiger charge is 2.35. The zero-order valence-corrected chi connectivity index (χ0v) is 12.1. The molecule has 0 aromatic rings. The van der Waals surface area contributed by atoms with Gasteiger partial charge in [-0.2, -0.15) is 0 Å². The van der Waals surface area contributed by atoms with E-state index in [2.05, 4.69) is 12.2 Å². The highest BCUT2D eigenvalue weighted by molar-refractivity contribution is 4.94. The molecule has 1 aliphatic carbocycles. The van der Waals surface area contributed by atoms with Gasteiger partial charge in [0, 0.05) is 12.6 Å². The first-order valence-corrected chi connectivity index (χ1v) is 7.94. The van der Waals surface area contributed by atoms with Crippen molar-refractivity contribution in [3.63, 3.8) is 0 Å². The van der Waals surface area contributed by atoms with Crippen LogP contribution in [0.15, 0.2) is 0 Å². The number of hydrogen-bond donors (Lipinski definition) is 0. The van der Waals surface area contributed by atoms with Gasteiger partial charge in [-0.25, -0.2) is 5.32 Å². The van der Waals surface area contributed by atoms with E-state index in [-0.39, 0.29) is 0 Å². The van der Waals surface area contributed by atoms with E-state index in [1.807, 2.05) is 7.05 Å². The Morgan fingerprint density at radius 1 is 0.824 bits per heavy atom. The molecule has 0 saturated heterocycles. The van der Waals surface area contributed by atoms with Gasteiger partial charge in [0.2, 0.25) is 0 Å². The Labute approximate surface area is 109 Å². The number of unbranched alkanes of at least 4 members (excludes halogenated alkanes) is 8. The maximum Gasteiger partial charge on any atom is 0.0353 e. The van der Waals surface area contributed by atoms with Crippen molar-refractivity contribution in [1.29, 1.82) is 0 Å². The standard InChI is InChI=1S/C16H32N/c1-3-4-5-6-7-8-9-10-11-13-16(17-2)14-12-15-16/h3-15H2,1-2H3. The second kappa shape index (κ2) is 8.97. The summed E-state index contributed by atoms with van der Waals surface area (Å²) in [7, 11) is 2.02. The van der Waals surface area contributed by atoms with E-state index in [1.54, 1.807) is 0 Å². The van der Waals surface area contributed by atoms with Crippen molar-refractivity contribution in [2.75, 3.05) is 7.05 Å². The molecule has 0 amide bonds. The summed E-state index contributed by atoms with van der Waals surface area (Å²) in [5, 5.41) is 4.59. The van der Waals surface area contributed by atoms with Gasteiger partial charge in [0.1, 0.15) is 0 Å². The molecule has 1 radical (unpaired) electrons. The third-order valence-corrected chi connectivity index (χ3v) is 4.50. The highest BCUT2D eigenvalue weighted by Crippen LogP contribution is 2.36. The van der Waals surface area contributed by atoms with Crippen molar-refractivity contribution >= 4 is 0 Å². The van der Waals surface area contributed by atoms with Crippen LogP contribution in [0.5, 0.6) is 0 Å². The molecule has 1 saturated carbocycles. The van der Waals surface area contributed by atoms with E-state index in [0.717, 1.165) is 0 Å². The lowest BCUT2D eigenvalue weighted by atomic mass is 9.73. The van der Waals surface area contributed by atoms with Crippen LogP contribution in [0.2, 0.25) is 0 Å². The number of nitrogens with zero attached hydrogens (tertiary/aromatic N) is 1. The molecule has 1 nitrogen and oxygen atoms in total. The van der Waals surface area contributed by atoms with Crippen LogP contribution >= 0.6 is 0 Å². The molecule has 1 fully saturated rings. The summed E-state index contributed by atoms with van der Waals surface area (Å²) in [6.07, 6.45) is 18.4. The summed E-state index contributed by atoms with van der Waals surface area (Å²) in [6, 6.07) is 0. The van der Waals surface area contributed by atoms with E-state index in [9.17, 15) is 0 Å². The van der Waals surface area contributed by atoms with E-state index in [0.29, 0.717) is 5.54 Å². The van der Waals surface area contributed by atoms with Gasteiger partial charge in [-0.1, -0.05) is 64.7 Å². The largest absolute Gasteiger partial charge is 0.238 e. The van der Waals surface area contributed by atoms with Crippen LogP contribution in [0.3, 0.4) is 0 Å². The van der Waals surface area contributed by atoms with Crippen molar-refractivity contribution in [3.05, 3.63) is 0 Å². The monoisotopic (exact) mass is 238 g/mol. The molecule has 1 aliphatic rings. The second-order valence-corrected chi connectivity index (χ2v) is 5.88. The number of rotatable bonds is 11. The Kier molecular flexibility index (Phi) is 7.92. The molecule has 0 spiro atoms. The normalized spacial score (nSPS) is 18.0. The van der Waals surface area contributed by atoms with Crippen LogP contribution < -0.4 is 5.32 Å². The molecule has 0 N–H and O–H groups in total. The lowest BCUT2D eigenvalue weighted by molar-refractivity contribution is 0.173. The maximum absolute atomic E-state index is 4.59. The fourth-order valence-electron chi connectivity index (χ4n) is 2.94. The van der Waals surface area contributed by atoms with E-state index >= 15 is 0 Å². The summed E-state index contributed by atoms with van der Waals surface area (Å²) in [5.41, 5.74) is 0.432. The molecule has 101 valence electrons. The predicted molar refractivity (Wildman–Crippen MR) is 76.5 cm³/mol. The van der Waals surface area contributed by atoms with Crippen LogP contribution in [0.4, 0.5) is 0 Å². The fourth-order valence-corrected chi connectivity index (χ4v) is 2.94. The minimum absolute atomic E-state index is 0.432. The molecule has 1 rings (SSSR count). The van der Waals surface area contributed by atoms with E-state index in [4.69, 9.17) is 0 Å². The average molecular weight is 238 g/mol. The van der Waals surface area contributed by atoms with Gasteiger partial charge in [0.05, 0.1) is 0 Å². The first-order valence-electron chi connectivity index (χ1n) is 7.94. The van der Waals surface area contributed by atoms with Gasteiger partial charge in [0.25, 0.3) is 0 Å². The van der Waals surface area contributed by atoms with Gasteiger partial charge in [0.15, 0.2) is 0 Å². The van der Waals surface area contributed by atoms with Crippen LogP contribution in [-0.4, -0.2) is 12.6 Å². The van der Waals surface area contributed by atoms with Crippen molar-refractivity contribution in [2.45, 2.75) is 95.9 Å². The summed E-state index contributed by atoms with van der Waals surface area (Å²) in [4.78, 5) is 0. The summed E-state index contributed by atoms with van der Waals surface area (Å²) < 4.78 is 0. The Morgan fingerprint density at radius 3 is 1.76 bits per heavy atom. The molecule has 0 atom stereocenters. The molecular formula is C16H32N. The van der Waals surface area contributed by atoms with Gasteiger partial charge < -0.3 is 0 Å². The van der Waals surface area contributed by atoms with Crippen LogP contribution in [-0.2, 0) is 0 Å². The SMILES string of the molecule is CCCCCCCCCCCC1([N]C)CCC1. The Bertz CT molecular complexity index is 167. The summed E-state index contributed by atoms with van der Waals surface area (Å²) >= 11 is 0. The molecule has 0 bridgehead atoms. The van der Waals surface area contributed by atoms with Crippen molar-refractivity contribution in [1.82, 2.24) is 5.32 Å².